The lowest BCUT2D eigenvalue weighted by Crippen LogP contribution is -2.57. The fourth-order valence-electron chi connectivity index (χ4n) is 2.90. The number of phenols is 1. The summed E-state index contributed by atoms with van der Waals surface area (Å²) in [5.74, 6) is -17.1. The van der Waals surface area contributed by atoms with Gasteiger partial charge < -0.3 is 10.4 Å². The minimum Gasteiger partial charge on any atom is -0.505 e. The molecule has 0 spiro atoms. The second-order valence-electron chi connectivity index (χ2n) is 7.08. The van der Waals surface area contributed by atoms with Crippen LogP contribution in [0.2, 0.25) is 0 Å². The van der Waals surface area contributed by atoms with Gasteiger partial charge in [-0.3, -0.25) is 9.35 Å². The van der Waals surface area contributed by atoms with E-state index in [4.69, 9.17) is 0 Å². The zero-order chi connectivity index (χ0) is 27.1. The number of nitrogens with zero attached hydrogens (tertiary/aromatic N) is 2. The highest BCUT2D eigenvalue weighted by molar-refractivity contribution is 7.86. The Hall–Kier alpha value is -3.79. The van der Waals surface area contributed by atoms with E-state index in [0.29, 0.717) is 6.07 Å². The third-order valence-corrected chi connectivity index (χ3v) is 5.54. The Morgan fingerprint density at radius 1 is 0.861 bits per heavy atom. The van der Waals surface area contributed by atoms with Crippen molar-refractivity contribution in [1.29, 1.82) is 0 Å². The molecule has 0 unspecified atom stereocenters. The lowest BCUT2D eigenvalue weighted by molar-refractivity contribution is -0.343. The zero-order valence-corrected chi connectivity index (χ0v) is 18.1. The first-order chi connectivity index (χ1) is 16.5. The maximum atomic E-state index is 13.8. The van der Waals surface area contributed by atoms with Gasteiger partial charge in [0.15, 0.2) is 5.75 Å². The molecule has 16 heteroatoms. The number of halogens is 7. The number of nitrogens with one attached hydrogen (secondary N) is 1. The molecule has 3 aromatic rings. The van der Waals surface area contributed by atoms with Crippen molar-refractivity contribution in [2.75, 3.05) is 5.32 Å². The van der Waals surface area contributed by atoms with Gasteiger partial charge in [0, 0.05) is 16.5 Å². The van der Waals surface area contributed by atoms with Crippen molar-refractivity contribution >= 4 is 43.9 Å². The maximum Gasteiger partial charge on any atom is 0.460 e. The molecule has 1 amide bonds. The number of anilines is 1. The predicted molar refractivity (Wildman–Crippen MR) is 111 cm³/mol. The van der Waals surface area contributed by atoms with E-state index in [1.807, 2.05) is 0 Å². The molecule has 0 bridgehead atoms. The van der Waals surface area contributed by atoms with Crippen LogP contribution in [0.25, 0.3) is 10.8 Å². The Bertz CT molecular complexity index is 1460. The number of aromatic hydroxyl groups is 1. The molecule has 3 rings (SSSR count). The van der Waals surface area contributed by atoms with Gasteiger partial charge >= 0.3 is 23.9 Å². The molecule has 0 aliphatic heterocycles. The third kappa shape index (κ3) is 4.81. The number of fused-ring (bicyclic) bond motifs is 1. The molecule has 3 N–H and O–H groups in total. The SMILES string of the molecule is O=C(Nc1cccc2c(O)c(N=Nc3ccccc3)c(S(=O)(=O)O)cc12)C(F)(F)C(F)(F)C(F)(F)F. The van der Waals surface area contributed by atoms with Crippen molar-refractivity contribution in [1.82, 2.24) is 0 Å². The smallest absolute Gasteiger partial charge is 0.460 e. The van der Waals surface area contributed by atoms with Gasteiger partial charge in [0.25, 0.3) is 10.1 Å². The highest BCUT2D eigenvalue weighted by atomic mass is 32.2. The Labute approximate surface area is 196 Å². The summed E-state index contributed by atoms with van der Waals surface area (Å²) >= 11 is 0. The molecule has 0 fully saturated rings. The molecule has 0 aliphatic rings. The van der Waals surface area contributed by atoms with Crippen LogP contribution in [0.1, 0.15) is 0 Å². The van der Waals surface area contributed by atoms with Crippen LogP contribution in [0.5, 0.6) is 5.75 Å². The summed E-state index contributed by atoms with van der Waals surface area (Å²) in [5.41, 5.74) is -1.51. The molecule has 0 saturated carbocycles. The summed E-state index contributed by atoms with van der Waals surface area (Å²) in [4.78, 5) is 10.6. The first kappa shape index (κ1) is 26.8. The van der Waals surface area contributed by atoms with Gasteiger partial charge in [-0.05, 0) is 24.3 Å². The number of carbonyl (C=O) groups excluding carboxylic acids is 1. The highest BCUT2D eigenvalue weighted by Gasteiger charge is 2.76. The van der Waals surface area contributed by atoms with Gasteiger partial charge in [-0.15, -0.1) is 5.11 Å². The summed E-state index contributed by atoms with van der Waals surface area (Å²) < 4.78 is 125. The van der Waals surface area contributed by atoms with E-state index in [0.717, 1.165) is 18.2 Å². The Balaban J connectivity index is 2.16. The Kier molecular flexibility index (Phi) is 6.71. The molecule has 0 aliphatic carbocycles. The van der Waals surface area contributed by atoms with Gasteiger partial charge in [-0.25, -0.2) is 0 Å². The summed E-state index contributed by atoms with van der Waals surface area (Å²) in [5, 5.41) is 18.0. The molecule has 36 heavy (non-hydrogen) atoms. The molecule has 0 atom stereocenters. The fraction of sp³-hybridized carbons (Fsp3) is 0.150. The van der Waals surface area contributed by atoms with Gasteiger partial charge in [-0.2, -0.15) is 44.3 Å². The van der Waals surface area contributed by atoms with Gasteiger partial charge in [0.05, 0.1) is 5.69 Å². The normalized spacial score (nSPS) is 13.3. The first-order valence-electron chi connectivity index (χ1n) is 9.35. The van der Waals surface area contributed by atoms with Gasteiger partial charge in [0.2, 0.25) is 0 Å². The highest BCUT2D eigenvalue weighted by Crippen LogP contribution is 2.48. The number of azo groups is 1. The average molecular weight is 539 g/mol. The van der Waals surface area contributed by atoms with E-state index in [1.54, 1.807) is 18.2 Å². The van der Waals surface area contributed by atoms with E-state index in [1.165, 1.54) is 17.4 Å². The van der Waals surface area contributed by atoms with Crippen LogP contribution in [0.3, 0.4) is 0 Å². The van der Waals surface area contributed by atoms with Crippen LogP contribution >= 0.6 is 0 Å². The van der Waals surface area contributed by atoms with E-state index in [9.17, 15) is 53.6 Å². The van der Waals surface area contributed by atoms with Crippen LogP contribution in [-0.2, 0) is 14.9 Å². The van der Waals surface area contributed by atoms with Gasteiger partial charge in [-0.1, -0.05) is 30.3 Å². The summed E-state index contributed by atoms with van der Waals surface area (Å²) in [6, 6.07) is 10.9. The minimum atomic E-state index is -6.78. The number of hydrogen-bond acceptors (Lipinski definition) is 6. The Morgan fingerprint density at radius 2 is 1.47 bits per heavy atom. The zero-order valence-electron chi connectivity index (χ0n) is 17.3. The molecule has 0 saturated heterocycles. The second kappa shape index (κ2) is 9.02. The standard InChI is InChI=1S/C20H12F7N3O5S/c21-18(22,19(23,24)20(25,26)27)17(32)28-13-8-4-7-11-12(13)9-14(36(33,34)35)15(16(11)31)30-29-10-5-2-1-3-6-10/h1-9,31H,(H,28,32)(H,33,34,35). The molecule has 0 heterocycles. The van der Waals surface area contributed by atoms with Crippen LogP contribution < -0.4 is 5.32 Å². The number of carbonyl (C=O) groups is 1. The molecular weight excluding hydrogens is 527 g/mol. The fourth-order valence-corrected chi connectivity index (χ4v) is 3.55. The van der Waals surface area contributed by atoms with Crippen LogP contribution in [-0.4, -0.2) is 42.0 Å². The van der Waals surface area contributed by atoms with E-state index >= 15 is 0 Å². The average Bonchev–Trinajstić information content (AvgIpc) is 2.77. The molecule has 0 radical (unpaired) electrons. The largest absolute Gasteiger partial charge is 0.505 e. The molecule has 192 valence electrons. The van der Waals surface area contributed by atoms with Crippen molar-refractivity contribution < 1.29 is 53.6 Å². The number of phenolic OH excluding ortho intramolecular Hbond substituents is 1. The number of benzene rings is 3. The minimum absolute atomic E-state index is 0.187. The van der Waals surface area contributed by atoms with Crippen LogP contribution in [0.4, 0.5) is 47.8 Å². The topological polar surface area (TPSA) is 128 Å². The monoisotopic (exact) mass is 539 g/mol. The lowest BCUT2D eigenvalue weighted by atomic mass is 10.1. The number of alkyl halides is 7. The van der Waals surface area contributed by atoms with Crippen molar-refractivity contribution in [2.24, 2.45) is 10.2 Å². The lowest BCUT2D eigenvalue weighted by Gasteiger charge is -2.27. The maximum absolute atomic E-state index is 13.8. The summed E-state index contributed by atoms with van der Waals surface area (Å²) in [6.45, 7) is 0. The quantitative estimate of drug-likeness (QED) is 0.202. The van der Waals surface area contributed by atoms with E-state index < -0.39 is 66.8 Å². The van der Waals surface area contributed by atoms with Crippen molar-refractivity contribution in [3.05, 3.63) is 54.6 Å². The van der Waals surface area contributed by atoms with Crippen molar-refractivity contribution in [2.45, 2.75) is 22.9 Å². The molecule has 8 nitrogen and oxygen atoms in total. The van der Waals surface area contributed by atoms with Crippen molar-refractivity contribution in [3.8, 4) is 5.75 Å². The van der Waals surface area contributed by atoms with Crippen LogP contribution in [0, 0.1) is 0 Å². The molecule has 0 aromatic heterocycles. The number of hydrogen-bond donors (Lipinski definition) is 3. The third-order valence-electron chi connectivity index (χ3n) is 4.68. The van der Waals surface area contributed by atoms with Crippen LogP contribution in [0.15, 0.2) is 69.7 Å². The first-order valence-corrected chi connectivity index (χ1v) is 10.8. The second-order valence-corrected chi connectivity index (χ2v) is 8.47. The molecular formula is C20H12F7N3O5S. The van der Waals surface area contributed by atoms with Crippen molar-refractivity contribution in [3.63, 3.8) is 0 Å². The molecule has 3 aromatic carbocycles. The Morgan fingerprint density at radius 3 is 2.03 bits per heavy atom. The summed E-state index contributed by atoms with van der Waals surface area (Å²) in [7, 11) is -5.21. The number of rotatable bonds is 6. The van der Waals surface area contributed by atoms with E-state index in [2.05, 4.69) is 10.2 Å². The van der Waals surface area contributed by atoms with E-state index in [-0.39, 0.29) is 5.69 Å². The predicted octanol–water partition coefficient (Wildman–Crippen LogP) is 5.98. The number of amides is 1. The summed E-state index contributed by atoms with van der Waals surface area (Å²) in [6.07, 6.45) is -6.78. The van der Waals surface area contributed by atoms with Gasteiger partial charge in [0.1, 0.15) is 10.6 Å².